The van der Waals surface area contributed by atoms with Gasteiger partial charge in [-0.15, -0.1) is 0 Å². The minimum Gasteiger partial charge on any atom is -0.383 e. The Kier molecular flexibility index (Phi) is 4.41. The predicted molar refractivity (Wildman–Crippen MR) is 77.9 cm³/mol. The lowest BCUT2D eigenvalue weighted by atomic mass is 10.1. The first-order valence-electron chi connectivity index (χ1n) is 6.01. The monoisotopic (exact) mass is 294 g/mol. The Morgan fingerprint density at radius 3 is 2.70 bits per heavy atom. The lowest BCUT2D eigenvalue weighted by molar-refractivity contribution is 0.592. The van der Waals surface area contributed by atoms with Crippen molar-refractivity contribution >= 4 is 17.6 Å². The number of halogens is 1. The number of hydrogen-bond donors (Lipinski definition) is 3. The van der Waals surface area contributed by atoms with Gasteiger partial charge in [-0.2, -0.15) is 0 Å². The van der Waals surface area contributed by atoms with Gasteiger partial charge in [0.1, 0.15) is 11.6 Å². The van der Waals surface area contributed by atoms with E-state index in [-0.39, 0.29) is 28.5 Å². The number of thioether (sulfide) groups is 1. The van der Waals surface area contributed by atoms with Crippen molar-refractivity contribution in [3.05, 3.63) is 52.1 Å². The molecule has 0 aliphatic rings. The van der Waals surface area contributed by atoms with Crippen LogP contribution in [0.4, 0.5) is 10.2 Å². The third-order valence-corrected chi connectivity index (χ3v) is 4.02. The molecule has 2 rings (SSSR count). The minimum absolute atomic E-state index is 0.119. The molecule has 2 aromatic rings. The first-order chi connectivity index (χ1) is 9.47. The Labute approximate surface area is 119 Å². The number of benzene rings is 1. The summed E-state index contributed by atoms with van der Waals surface area (Å²) in [5.74, 6) is -0.221. The second-order valence-electron chi connectivity index (χ2n) is 4.39. The van der Waals surface area contributed by atoms with Crippen molar-refractivity contribution in [1.29, 1.82) is 0 Å². The van der Waals surface area contributed by atoms with Crippen LogP contribution in [0.2, 0.25) is 0 Å². The quantitative estimate of drug-likeness (QED) is 0.588. The van der Waals surface area contributed by atoms with Gasteiger partial charge in [-0.25, -0.2) is 9.37 Å². The number of nitrogen functional groups attached to an aromatic ring is 1. The summed E-state index contributed by atoms with van der Waals surface area (Å²) in [4.78, 5) is 18.0. The fourth-order valence-electron chi connectivity index (χ4n) is 1.79. The Hall–Kier alpha value is -1.86. The van der Waals surface area contributed by atoms with E-state index in [9.17, 15) is 9.18 Å². The molecule has 1 aromatic carbocycles. The van der Waals surface area contributed by atoms with E-state index in [1.807, 2.05) is 0 Å². The average Bonchev–Trinajstić information content (AvgIpc) is 2.35. The van der Waals surface area contributed by atoms with Crippen molar-refractivity contribution in [3.8, 4) is 0 Å². The molecule has 0 saturated heterocycles. The number of aromatic nitrogens is 2. The maximum atomic E-state index is 13.9. The van der Waals surface area contributed by atoms with Gasteiger partial charge in [-0.3, -0.25) is 4.79 Å². The van der Waals surface area contributed by atoms with Crippen molar-refractivity contribution < 1.29 is 4.39 Å². The highest BCUT2D eigenvalue weighted by Gasteiger charge is 2.22. The Bertz CT molecular complexity index is 659. The molecule has 0 aliphatic carbocycles. The van der Waals surface area contributed by atoms with Crippen LogP contribution in [0.1, 0.15) is 17.7 Å². The molecule has 0 fully saturated rings. The number of nitrogens with one attached hydrogen (secondary N) is 1. The van der Waals surface area contributed by atoms with Gasteiger partial charge in [0.05, 0.1) is 5.25 Å². The van der Waals surface area contributed by atoms with E-state index in [0.717, 1.165) is 0 Å². The number of aromatic amines is 1. The second kappa shape index (κ2) is 6.06. The van der Waals surface area contributed by atoms with Gasteiger partial charge >= 0.3 is 0 Å². The zero-order chi connectivity index (χ0) is 14.7. The standard InChI is InChI=1S/C13H15FN4OS/c1-7(15)12(8-4-2-3-5-9(8)14)20-13-17-10(16)6-11(19)18-13/h2-7,12H,15H2,1H3,(H3,16,17,18,19). The van der Waals surface area contributed by atoms with E-state index in [2.05, 4.69) is 9.97 Å². The van der Waals surface area contributed by atoms with Gasteiger partial charge in [0.15, 0.2) is 5.16 Å². The number of H-pyrrole nitrogens is 1. The number of rotatable bonds is 4. The first kappa shape index (κ1) is 14.5. The molecule has 0 aliphatic heterocycles. The lowest BCUT2D eigenvalue weighted by Gasteiger charge is -2.20. The summed E-state index contributed by atoms with van der Waals surface area (Å²) >= 11 is 1.18. The average molecular weight is 294 g/mol. The summed E-state index contributed by atoms with van der Waals surface area (Å²) in [5, 5.41) is -0.0540. The normalized spacial score (nSPS) is 13.9. The lowest BCUT2D eigenvalue weighted by Crippen LogP contribution is -2.24. The smallest absolute Gasteiger partial charge is 0.253 e. The summed E-state index contributed by atoms with van der Waals surface area (Å²) in [5.41, 5.74) is 11.6. The number of nitrogens with zero attached hydrogens (tertiary/aromatic N) is 1. The molecule has 0 spiro atoms. The summed E-state index contributed by atoms with van der Waals surface area (Å²) in [6.07, 6.45) is 0. The number of hydrogen-bond acceptors (Lipinski definition) is 5. The van der Waals surface area contributed by atoms with Crippen molar-refractivity contribution in [1.82, 2.24) is 9.97 Å². The maximum Gasteiger partial charge on any atom is 0.253 e. The molecule has 5 N–H and O–H groups in total. The third-order valence-electron chi connectivity index (χ3n) is 2.67. The fourth-order valence-corrected chi connectivity index (χ4v) is 2.88. The Morgan fingerprint density at radius 2 is 2.10 bits per heavy atom. The largest absolute Gasteiger partial charge is 0.383 e. The maximum absolute atomic E-state index is 13.9. The Balaban J connectivity index is 2.35. The molecule has 2 atom stereocenters. The molecule has 1 aromatic heterocycles. The van der Waals surface area contributed by atoms with Crippen molar-refractivity contribution in [2.45, 2.75) is 23.4 Å². The second-order valence-corrected chi connectivity index (χ2v) is 5.52. The van der Waals surface area contributed by atoms with Gasteiger partial charge in [0.2, 0.25) is 0 Å². The topological polar surface area (TPSA) is 97.8 Å². The van der Waals surface area contributed by atoms with Crippen LogP contribution in [-0.2, 0) is 0 Å². The molecular weight excluding hydrogens is 279 g/mol. The molecule has 2 unspecified atom stereocenters. The fraction of sp³-hybridized carbons (Fsp3) is 0.231. The highest BCUT2D eigenvalue weighted by molar-refractivity contribution is 7.99. The third kappa shape index (κ3) is 3.37. The summed E-state index contributed by atoms with van der Waals surface area (Å²) in [6, 6.07) is 7.26. The van der Waals surface area contributed by atoms with Crippen molar-refractivity contribution in [2.75, 3.05) is 5.73 Å². The Morgan fingerprint density at radius 1 is 1.40 bits per heavy atom. The molecule has 0 bridgehead atoms. The van der Waals surface area contributed by atoms with Gasteiger partial charge < -0.3 is 16.5 Å². The summed E-state index contributed by atoms with van der Waals surface area (Å²) in [7, 11) is 0. The van der Waals surface area contributed by atoms with Gasteiger partial charge in [0.25, 0.3) is 5.56 Å². The highest BCUT2D eigenvalue weighted by atomic mass is 32.2. The van der Waals surface area contributed by atoms with Crippen LogP contribution in [0.3, 0.4) is 0 Å². The molecule has 20 heavy (non-hydrogen) atoms. The minimum atomic E-state index is -0.374. The number of nitrogens with two attached hydrogens (primary N) is 2. The summed E-state index contributed by atoms with van der Waals surface area (Å²) < 4.78 is 13.9. The molecule has 7 heteroatoms. The molecule has 1 heterocycles. The van der Waals surface area contributed by atoms with E-state index >= 15 is 0 Å². The molecular formula is C13H15FN4OS. The predicted octanol–water partition coefficient (Wildman–Crippen LogP) is 1.67. The SMILES string of the molecule is CC(N)C(Sc1nc(N)cc(=O)[nH]1)c1ccccc1F. The molecule has 0 saturated carbocycles. The van der Waals surface area contributed by atoms with Gasteiger partial charge in [-0.05, 0) is 13.0 Å². The first-order valence-corrected chi connectivity index (χ1v) is 6.89. The van der Waals surface area contributed by atoms with E-state index < -0.39 is 0 Å². The van der Waals surface area contributed by atoms with Crippen LogP contribution in [0, 0.1) is 5.82 Å². The van der Waals surface area contributed by atoms with Crippen LogP contribution < -0.4 is 17.0 Å². The molecule has 5 nitrogen and oxygen atoms in total. The van der Waals surface area contributed by atoms with E-state index in [0.29, 0.717) is 10.7 Å². The van der Waals surface area contributed by atoms with Gasteiger partial charge in [-0.1, -0.05) is 30.0 Å². The zero-order valence-corrected chi connectivity index (χ0v) is 11.7. The van der Waals surface area contributed by atoms with Crippen LogP contribution in [0.5, 0.6) is 0 Å². The molecule has 106 valence electrons. The van der Waals surface area contributed by atoms with E-state index in [4.69, 9.17) is 11.5 Å². The van der Waals surface area contributed by atoms with Crippen LogP contribution >= 0.6 is 11.8 Å². The van der Waals surface area contributed by atoms with Crippen LogP contribution in [0.25, 0.3) is 0 Å². The number of anilines is 1. The van der Waals surface area contributed by atoms with Crippen LogP contribution in [0.15, 0.2) is 40.3 Å². The van der Waals surface area contributed by atoms with Crippen LogP contribution in [-0.4, -0.2) is 16.0 Å². The van der Waals surface area contributed by atoms with E-state index in [1.54, 1.807) is 25.1 Å². The summed E-state index contributed by atoms with van der Waals surface area (Å²) in [6.45, 7) is 1.77. The van der Waals surface area contributed by atoms with Crippen molar-refractivity contribution in [2.24, 2.45) is 5.73 Å². The zero-order valence-electron chi connectivity index (χ0n) is 10.8. The van der Waals surface area contributed by atoms with Gasteiger partial charge in [0, 0.05) is 17.7 Å². The van der Waals surface area contributed by atoms with Crippen molar-refractivity contribution in [3.63, 3.8) is 0 Å². The molecule has 0 amide bonds. The highest BCUT2D eigenvalue weighted by Crippen LogP contribution is 2.36. The molecule has 0 radical (unpaired) electrons. The van der Waals surface area contributed by atoms with E-state index in [1.165, 1.54) is 23.9 Å².